The highest BCUT2D eigenvalue weighted by molar-refractivity contribution is 5.95. The number of nitrogens with one attached hydrogen (secondary N) is 3. The van der Waals surface area contributed by atoms with Crippen molar-refractivity contribution in [2.45, 2.75) is 26.3 Å². The number of aromatic amines is 2. The Kier molecular flexibility index (Phi) is 5.22. The molecule has 0 unspecified atom stereocenters. The Labute approximate surface area is 174 Å². The maximum atomic E-state index is 13.0. The molecule has 0 aliphatic carbocycles. The van der Waals surface area contributed by atoms with E-state index in [9.17, 15) is 4.79 Å². The van der Waals surface area contributed by atoms with Crippen LogP contribution in [0.3, 0.4) is 0 Å². The van der Waals surface area contributed by atoms with Gasteiger partial charge in [-0.1, -0.05) is 18.2 Å². The smallest absolute Gasteiger partial charge is 0.255 e. The van der Waals surface area contributed by atoms with Gasteiger partial charge in [-0.25, -0.2) is 9.97 Å². The Morgan fingerprint density at radius 3 is 2.73 bits per heavy atom. The summed E-state index contributed by atoms with van der Waals surface area (Å²) in [6.07, 6.45) is 4.13. The van der Waals surface area contributed by atoms with Crippen LogP contribution in [-0.2, 0) is 6.42 Å². The lowest BCUT2D eigenvalue weighted by atomic mass is 10.0. The first kappa shape index (κ1) is 19.6. The van der Waals surface area contributed by atoms with Crippen LogP contribution in [0, 0.1) is 13.8 Å². The van der Waals surface area contributed by atoms with Gasteiger partial charge in [0.05, 0.1) is 23.5 Å². The third-order valence-electron chi connectivity index (χ3n) is 5.14. The van der Waals surface area contributed by atoms with Crippen LogP contribution in [-0.4, -0.2) is 45.2 Å². The second kappa shape index (κ2) is 7.98. The summed E-state index contributed by atoms with van der Waals surface area (Å²) in [5, 5.41) is 11.1. The molecule has 0 saturated heterocycles. The fraction of sp³-hybridized carbons (Fsp3) is 0.273. The number of rotatable bonds is 6. The van der Waals surface area contributed by atoms with Crippen molar-refractivity contribution in [3.63, 3.8) is 0 Å². The van der Waals surface area contributed by atoms with Crippen molar-refractivity contribution in [2.24, 2.45) is 0 Å². The second-order valence-electron chi connectivity index (χ2n) is 7.59. The van der Waals surface area contributed by atoms with Gasteiger partial charge in [-0.3, -0.25) is 9.89 Å². The first-order valence-electron chi connectivity index (χ1n) is 9.81. The van der Waals surface area contributed by atoms with Gasteiger partial charge in [0.2, 0.25) is 0 Å². The number of hydrogen-bond acceptors (Lipinski definition) is 5. The topological polar surface area (TPSA) is 103 Å². The minimum Gasteiger partial charge on any atom is -0.363 e. The Morgan fingerprint density at radius 1 is 1.20 bits per heavy atom. The van der Waals surface area contributed by atoms with Crippen LogP contribution in [0.1, 0.15) is 39.2 Å². The Hall–Kier alpha value is -3.68. The number of H-pyrrole nitrogens is 2. The molecule has 1 amide bonds. The number of carbonyl (C=O) groups excluding carboxylic acids is 1. The Morgan fingerprint density at radius 2 is 2.00 bits per heavy atom. The number of aryl methyl sites for hydroxylation is 2. The molecule has 0 aliphatic rings. The summed E-state index contributed by atoms with van der Waals surface area (Å²) in [6.45, 7) is 3.69. The molecule has 30 heavy (non-hydrogen) atoms. The monoisotopic (exact) mass is 403 g/mol. The first-order valence-corrected chi connectivity index (χ1v) is 9.81. The van der Waals surface area contributed by atoms with Crippen LogP contribution in [0.5, 0.6) is 0 Å². The predicted octanol–water partition coefficient (Wildman–Crippen LogP) is 3.08. The zero-order valence-electron chi connectivity index (χ0n) is 17.5. The van der Waals surface area contributed by atoms with Crippen molar-refractivity contribution in [3.05, 3.63) is 71.1 Å². The van der Waals surface area contributed by atoms with Crippen LogP contribution in [0.4, 0.5) is 5.82 Å². The lowest BCUT2D eigenvalue weighted by Gasteiger charge is -2.21. The quantitative estimate of drug-likeness (QED) is 0.459. The average molecular weight is 403 g/mol. The maximum Gasteiger partial charge on any atom is 0.255 e. The van der Waals surface area contributed by atoms with Gasteiger partial charge in [-0.2, -0.15) is 5.10 Å². The number of carbonyl (C=O) groups is 1. The Balaban J connectivity index is 1.73. The van der Waals surface area contributed by atoms with Crippen molar-refractivity contribution in [1.82, 2.24) is 30.5 Å². The summed E-state index contributed by atoms with van der Waals surface area (Å²) >= 11 is 0. The minimum absolute atomic E-state index is 0.186. The molecule has 1 aromatic carbocycles. The SMILES string of the molecule is Cc1nc([C@H](Cc2c[nH]c3ccccc23)NC(=O)c2cn[nH]c2C)cc(N(C)C)n1. The molecule has 1 atom stereocenters. The largest absolute Gasteiger partial charge is 0.363 e. The molecule has 8 nitrogen and oxygen atoms in total. The zero-order valence-corrected chi connectivity index (χ0v) is 17.5. The highest BCUT2D eigenvalue weighted by Gasteiger charge is 2.22. The van der Waals surface area contributed by atoms with Crippen LogP contribution in [0.15, 0.2) is 42.7 Å². The van der Waals surface area contributed by atoms with E-state index in [0.717, 1.165) is 33.7 Å². The third kappa shape index (κ3) is 3.89. The van der Waals surface area contributed by atoms with Gasteiger partial charge in [-0.05, 0) is 25.5 Å². The van der Waals surface area contributed by atoms with Crippen LogP contribution < -0.4 is 10.2 Å². The molecular formula is C22H25N7O. The summed E-state index contributed by atoms with van der Waals surface area (Å²) in [4.78, 5) is 27.3. The number of benzene rings is 1. The highest BCUT2D eigenvalue weighted by atomic mass is 16.1. The van der Waals surface area contributed by atoms with Crippen molar-refractivity contribution >= 4 is 22.6 Å². The van der Waals surface area contributed by atoms with Crippen LogP contribution in [0.2, 0.25) is 0 Å². The molecule has 4 aromatic rings. The van der Waals surface area contributed by atoms with Gasteiger partial charge >= 0.3 is 0 Å². The maximum absolute atomic E-state index is 13.0. The van der Waals surface area contributed by atoms with Gasteiger partial charge in [0.15, 0.2) is 0 Å². The molecule has 0 radical (unpaired) electrons. The highest BCUT2D eigenvalue weighted by Crippen LogP contribution is 2.25. The molecule has 8 heteroatoms. The van der Waals surface area contributed by atoms with Crippen LogP contribution >= 0.6 is 0 Å². The lowest BCUT2D eigenvalue weighted by molar-refractivity contribution is 0.0935. The van der Waals surface area contributed by atoms with Gasteiger partial charge in [0, 0.05) is 49.4 Å². The number of amides is 1. The lowest BCUT2D eigenvalue weighted by Crippen LogP contribution is -2.31. The van der Waals surface area contributed by atoms with E-state index in [1.165, 1.54) is 0 Å². The van der Waals surface area contributed by atoms with E-state index in [1.807, 2.05) is 63.3 Å². The van der Waals surface area contributed by atoms with E-state index in [2.05, 4.69) is 36.5 Å². The summed E-state index contributed by atoms with van der Waals surface area (Å²) < 4.78 is 0. The van der Waals surface area contributed by atoms with Gasteiger partial charge < -0.3 is 15.2 Å². The average Bonchev–Trinajstić information content (AvgIpc) is 3.33. The van der Waals surface area contributed by atoms with Gasteiger partial charge in [0.1, 0.15) is 11.6 Å². The van der Waals surface area contributed by atoms with Crippen molar-refractivity contribution in [3.8, 4) is 0 Å². The van der Waals surface area contributed by atoms with Crippen molar-refractivity contribution in [2.75, 3.05) is 19.0 Å². The predicted molar refractivity (Wildman–Crippen MR) is 117 cm³/mol. The normalized spacial score (nSPS) is 12.1. The van der Waals surface area contributed by atoms with E-state index in [1.54, 1.807) is 6.20 Å². The number of anilines is 1. The van der Waals surface area contributed by atoms with Gasteiger partial charge in [0.25, 0.3) is 5.91 Å². The van der Waals surface area contributed by atoms with E-state index < -0.39 is 0 Å². The molecule has 0 spiro atoms. The molecule has 0 saturated carbocycles. The van der Waals surface area contributed by atoms with E-state index in [4.69, 9.17) is 0 Å². The molecule has 0 fully saturated rings. The van der Waals surface area contributed by atoms with Crippen LogP contribution in [0.25, 0.3) is 10.9 Å². The van der Waals surface area contributed by atoms with E-state index in [-0.39, 0.29) is 11.9 Å². The van der Waals surface area contributed by atoms with E-state index >= 15 is 0 Å². The number of nitrogens with zero attached hydrogens (tertiary/aromatic N) is 4. The fourth-order valence-electron chi connectivity index (χ4n) is 3.55. The molecular weight excluding hydrogens is 378 g/mol. The molecule has 4 rings (SSSR count). The molecule has 154 valence electrons. The number of hydrogen-bond donors (Lipinski definition) is 3. The summed E-state index contributed by atoms with van der Waals surface area (Å²) in [7, 11) is 3.88. The minimum atomic E-state index is -0.327. The molecule has 3 aromatic heterocycles. The zero-order chi connectivity index (χ0) is 21.3. The number of fused-ring (bicyclic) bond motifs is 1. The Bertz CT molecular complexity index is 1190. The van der Waals surface area contributed by atoms with E-state index in [0.29, 0.717) is 17.8 Å². The summed E-state index contributed by atoms with van der Waals surface area (Å²) in [5.74, 6) is 1.28. The fourth-order valence-corrected chi connectivity index (χ4v) is 3.55. The number of para-hydroxylation sites is 1. The molecule has 3 heterocycles. The summed E-state index contributed by atoms with van der Waals surface area (Å²) in [5.41, 5.74) is 4.20. The third-order valence-corrected chi connectivity index (χ3v) is 5.14. The molecule has 0 aliphatic heterocycles. The molecule has 3 N–H and O–H groups in total. The standard InChI is InChI=1S/C22H25N7O/c1-13-17(12-24-28-13)22(30)27-19(20-10-21(29(3)4)26-14(2)25-20)9-15-11-23-18-8-6-5-7-16(15)18/h5-8,10-12,19,23H,9H2,1-4H3,(H,24,28)(H,27,30)/t19-/m0/s1. The molecule has 0 bridgehead atoms. The van der Waals surface area contributed by atoms with Crippen molar-refractivity contribution < 1.29 is 4.79 Å². The first-order chi connectivity index (χ1) is 14.4. The summed E-state index contributed by atoms with van der Waals surface area (Å²) in [6, 6.07) is 9.74. The second-order valence-corrected chi connectivity index (χ2v) is 7.59. The van der Waals surface area contributed by atoms with Crippen molar-refractivity contribution in [1.29, 1.82) is 0 Å². The van der Waals surface area contributed by atoms with Gasteiger partial charge in [-0.15, -0.1) is 0 Å². The number of aromatic nitrogens is 5.